The van der Waals surface area contributed by atoms with Gasteiger partial charge < -0.3 is 15.5 Å². The number of benzene rings is 2. The quantitative estimate of drug-likeness (QED) is 0.682. The Kier molecular flexibility index (Phi) is 6.04. The highest BCUT2D eigenvalue weighted by Gasteiger charge is 2.32. The van der Waals surface area contributed by atoms with Crippen LogP contribution in [-0.2, 0) is 11.3 Å². The Labute approximate surface area is 180 Å². The molecule has 0 spiro atoms. The lowest BCUT2D eigenvalue weighted by atomic mass is 10.1. The molecule has 0 unspecified atom stereocenters. The minimum absolute atomic E-state index is 0.0542. The second-order valence-corrected chi connectivity index (χ2v) is 8.27. The van der Waals surface area contributed by atoms with E-state index in [9.17, 15) is 14.4 Å². The molecule has 0 bridgehead atoms. The molecular formula is C23H24ClN3O3. The number of carbonyl (C=O) groups is 3. The highest BCUT2D eigenvalue weighted by Crippen LogP contribution is 2.28. The first-order valence-corrected chi connectivity index (χ1v) is 10.6. The molecule has 0 heterocycles. The van der Waals surface area contributed by atoms with Gasteiger partial charge >= 0.3 is 0 Å². The Hall–Kier alpha value is -2.86. The second kappa shape index (κ2) is 8.88. The van der Waals surface area contributed by atoms with Crippen LogP contribution in [0.15, 0.2) is 48.5 Å². The molecule has 2 fully saturated rings. The molecule has 3 amide bonds. The van der Waals surface area contributed by atoms with Gasteiger partial charge in [-0.25, -0.2) is 0 Å². The third kappa shape index (κ3) is 5.19. The van der Waals surface area contributed by atoms with Crippen molar-refractivity contribution >= 4 is 29.3 Å². The fraction of sp³-hybridized carbons (Fsp3) is 0.348. The largest absolute Gasteiger partial charge is 0.349 e. The highest BCUT2D eigenvalue weighted by atomic mass is 35.5. The van der Waals surface area contributed by atoms with E-state index in [4.69, 9.17) is 11.6 Å². The number of amides is 3. The van der Waals surface area contributed by atoms with Crippen molar-refractivity contribution in [2.24, 2.45) is 0 Å². The number of carbonyl (C=O) groups excluding carboxylic acids is 3. The Bertz CT molecular complexity index is 952. The molecule has 2 saturated carbocycles. The molecule has 0 aliphatic heterocycles. The summed E-state index contributed by atoms with van der Waals surface area (Å²) in [6, 6.07) is 14.6. The molecule has 156 valence electrons. The third-order valence-corrected chi connectivity index (χ3v) is 5.64. The summed E-state index contributed by atoms with van der Waals surface area (Å²) < 4.78 is 0. The molecule has 0 radical (unpaired) electrons. The summed E-state index contributed by atoms with van der Waals surface area (Å²) in [5.41, 5.74) is 1.93. The number of hydrogen-bond acceptors (Lipinski definition) is 3. The first-order chi connectivity index (χ1) is 14.5. The van der Waals surface area contributed by atoms with E-state index < -0.39 is 0 Å². The van der Waals surface area contributed by atoms with Gasteiger partial charge in [0.2, 0.25) is 5.91 Å². The lowest BCUT2D eigenvalue weighted by Gasteiger charge is -2.23. The maximum Gasteiger partial charge on any atom is 0.253 e. The molecule has 0 saturated heterocycles. The molecule has 0 atom stereocenters. The third-order valence-electron chi connectivity index (χ3n) is 5.31. The minimum Gasteiger partial charge on any atom is -0.349 e. The van der Waals surface area contributed by atoms with E-state index >= 15 is 0 Å². The Morgan fingerprint density at radius 2 is 1.63 bits per heavy atom. The van der Waals surface area contributed by atoms with Gasteiger partial charge in [-0.05, 0) is 55.5 Å². The number of rotatable bonds is 8. The summed E-state index contributed by atoms with van der Waals surface area (Å²) in [5.74, 6) is -0.550. The van der Waals surface area contributed by atoms with E-state index in [1.54, 1.807) is 41.3 Å². The molecule has 2 aliphatic carbocycles. The van der Waals surface area contributed by atoms with E-state index in [0.717, 1.165) is 31.2 Å². The van der Waals surface area contributed by atoms with Crippen molar-refractivity contribution in [3.63, 3.8) is 0 Å². The lowest BCUT2D eigenvalue weighted by molar-refractivity contribution is -0.131. The van der Waals surface area contributed by atoms with Crippen molar-refractivity contribution < 1.29 is 14.4 Å². The smallest absolute Gasteiger partial charge is 0.253 e. The van der Waals surface area contributed by atoms with Crippen LogP contribution >= 0.6 is 11.6 Å². The van der Waals surface area contributed by atoms with Crippen LogP contribution in [0, 0.1) is 0 Å². The van der Waals surface area contributed by atoms with Gasteiger partial charge in [0.25, 0.3) is 11.8 Å². The monoisotopic (exact) mass is 425 g/mol. The Morgan fingerprint density at radius 1 is 0.933 bits per heavy atom. The predicted molar refractivity (Wildman–Crippen MR) is 114 cm³/mol. The van der Waals surface area contributed by atoms with Crippen molar-refractivity contribution in [3.05, 3.63) is 70.2 Å². The van der Waals surface area contributed by atoms with E-state index in [2.05, 4.69) is 10.6 Å². The number of hydrogen-bond donors (Lipinski definition) is 2. The van der Waals surface area contributed by atoms with Gasteiger partial charge in [0.1, 0.15) is 0 Å². The van der Waals surface area contributed by atoms with Crippen LogP contribution in [0.25, 0.3) is 0 Å². The summed E-state index contributed by atoms with van der Waals surface area (Å²) >= 11 is 6.05. The maximum absolute atomic E-state index is 12.8. The first kappa shape index (κ1) is 20.4. The van der Waals surface area contributed by atoms with E-state index in [0.29, 0.717) is 28.7 Å². The number of nitrogens with one attached hydrogen (secondary N) is 2. The van der Waals surface area contributed by atoms with Crippen LogP contribution in [0.3, 0.4) is 0 Å². The molecule has 2 N–H and O–H groups in total. The van der Waals surface area contributed by atoms with Gasteiger partial charge in [-0.15, -0.1) is 0 Å². The van der Waals surface area contributed by atoms with Gasteiger partial charge in [-0.1, -0.05) is 35.9 Å². The zero-order valence-electron chi connectivity index (χ0n) is 16.6. The normalized spacial score (nSPS) is 15.4. The Morgan fingerprint density at radius 3 is 2.27 bits per heavy atom. The highest BCUT2D eigenvalue weighted by molar-refractivity contribution is 6.33. The standard InChI is InChI=1S/C23H24ClN3O3/c24-20-4-2-1-3-19(20)23(30)25-13-21(28)27(18-11-12-18)14-15-5-7-16(8-6-15)22(29)26-17-9-10-17/h1-8,17-18H,9-14H2,(H,25,30)(H,26,29). The molecule has 2 aliphatic rings. The van der Waals surface area contributed by atoms with Crippen LogP contribution in [0.2, 0.25) is 5.02 Å². The van der Waals surface area contributed by atoms with Crippen molar-refractivity contribution in [2.75, 3.05) is 6.54 Å². The van der Waals surface area contributed by atoms with Gasteiger partial charge in [-0.2, -0.15) is 0 Å². The topological polar surface area (TPSA) is 78.5 Å². The molecule has 2 aromatic carbocycles. The van der Waals surface area contributed by atoms with Crippen molar-refractivity contribution in [3.8, 4) is 0 Å². The maximum atomic E-state index is 12.8. The molecule has 0 aromatic heterocycles. The van der Waals surface area contributed by atoms with Crippen LogP contribution in [-0.4, -0.2) is 41.2 Å². The summed E-state index contributed by atoms with van der Waals surface area (Å²) in [5, 5.41) is 5.99. The fourth-order valence-electron chi connectivity index (χ4n) is 3.26. The molecule has 7 heteroatoms. The molecule has 2 aromatic rings. The summed E-state index contributed by atoms with van der Waals surface area (Å²) in [6.07, 6.45) is 4.03. The lowest BCUT2D eigenvalue weighted by Crippen LogP contribution is -2.41. The van der Waals surface area contributed by atoms with Crippen molar-refractivity contribution in [1.29, 1.82) is 0 Å². The van der Waals surface area contributed by atoms with Gasteiger partial charge in [0.15, 0.2) is 0 Å². The predicted octanol–water partition coefficient (Wildman–Crippen LogP) is 3.15. The van der Waals surface area contributed by atoms with Gasteiger partial charge in [0.05, 0.1) is 17.1 Å². The zero-order chi connectivity index (χ0) is 21.1. The average Bonchev–Trinajstić information content (AvgIpc) is 3.66. The second-order valence-electron chi connectivity index (χ2n) is 7.86. The van der Waals surface area contributed by atoms with Crippen LogP contribution in [0.5, 0.6) is 0 Å². The van der Waals surface area contributed by atoms with Crippen LogP contribution in [0.1, 0.15) is 52.0 Å². The first-order valence-electron chi connectivity index (χ1n) is 10.2. The molecule has 6 nitrogen and oxygen atoms in total. The van der Waals surface area contributed by atoms with Gasteiger partial charge in [0, 0.05) is 24.2 Å². The SMILES string of the molecule is O=C(NC1CC1)c1ccc(CN(C(=O)CNC(=O)c2ccccc2Cl)C2CC2)cc1. The molecular weight excluding hydrogens is 402 g/mol. The summed E-state index contributed by atoms with van der Waals surface area (Å²) in [7, 11) is 0. The average molecular weight is 426 g/mol. The summed E-state index contributed by atoms with van der Waals surface area (Å²) in [6.45, 7) is 0.373. The van der Waals surface area contributed by atoms with Crippen LogP contribution in [0.4, 0.5) is 0 Å². The molecule has 4 rings (SSSR count). The van der Waals surface area contributed by atoms with E-state index in [1.807, 2.05) is 12.1 Å². The summed E-state index contributed by atoms with van der Waals surface area (Å²) in [4.78, 5) is 39.0. The van der Waals surface area contributed by atoms with Gasteiger partial charge in [-0.3, -0.25) is 14.4 Å². The zero-order valence-corrected chi connectivity index (χ0v) is 17.3. The van der Waals surface area contributed by atoms with E-state index in [-0.39, 0.29) is 30.3 Å². The number of halogens is 1. The minimum atomic E-state index is -0.365. The fourth-order valence-corrected chi connectivity index (χ4v) is 3.48. The van der Waals surface area contributed by atoms with Crippen molar-refractivity contribution in [2.45, 2.75) is 44.3 Å². The molecule has 30 heavy (non-hydrogen) atoms. The van der Waals surface area contributed by atoms with E-state index in [1.165, 1.54) is 0 Å². The van der Waals surface area contributed by atoms with Crippen molar-refractivity contribution in [1.82, 2.24) is 15.5 Å². The van der Waals surface area contributed by atoms with Crippen LogP contribution < -0.4 is 10.6 Å². The Balaban J connectivity index is 1.34. The number of nitrogens with zero attached hydrogens (tertiary/aromatic N) is 1.